The molecule has 0 radical (unpaired) electrons. The molecule has 9 heteroatoms. The molecule has 0 aromatic heterocycles. The molecule has 38 heavy (non-hydrogen) atoms. The lowest BCUT2D eigenvalue weighted by atomic mass is 9.94. The molecule has 0 unspecified atom stereocenters. The molecule has 1 saturated heterocycles. The molecule has 9 nitrogen and oxygen atoms in total. The lowest BCUT2D eigenvalue weighted by molar-refractivity contribution is -0.138. The summed E-state index contributed by atoms with van der Waals surface area (Å²) < 4.78 is 5.47. The number of carbonyl (C=O) groups excluding carboxylic acids is 3. The van der Waals surface area contributed by atoms with Crippen LogP contribution in [0.2, 0.25) is 0 Å². The van der Waals surface area contributed by atoms with Crippen molar-refractivity contribution in [1.29, 1.82) is 0 Å². The second-order valence-corrected chi connectivity index (χ2v) is 11.0. The van der Waals surface area contributed by atoms with Crippen LogP contribution in [0.15, 0.2) is 48.5 Å². The van der Waals surface area contributed by atoms with Crippen LogP contribution in [0, 0.1) is 5.92 Å². The number of nitrogens with one attached hydrogen (secondary N) is 1. The zero-order valence-corrected chi connectivity index (χ0v) is 22.1. The van der Waals surface area contributed by atoms with Crippen LogP contribution < -0.4 is 5.32 Å². The largest absolute Gasteiger partial charge is 0.481 e. The average molecular weight is 522 g/mol. The van der Waals surface area contributed by atoms with E-state index in [-0.39, 0.29) is 30.2 Å². The minimum atomic E-state index is -0.983. The normalized spacial score (nSPS) is 16.5. The summed E-state index contributed by atoms with van der Waals surface area (Å²) in [6.07, 6.45) is 0.434. The number of hydrogen-bond acceptors (Lipinski definition) is 5. The Kier molecular flexibility index (Phi) is 8.04. The fourth-order valence-corrected chi connectivity index (χ4v) is 4.91. The number of nitrogens with zero attached hydrogens (tertiary/aromatic N) is 2. The first-order valence-electron chi connectivity index (χ1n) is 13.0. The Balaban J connectivity index is 1.33. The number of benzene rings is 2. The molecule has 0 bridgehead atoms. The second-order valence-electron chi connectivity index (χ2n) is 11.0. The van der Waals surface area contributed by atoms with Crippen LogP contribution in [0.5, 0.6) is 0 Å². The number of carboxylic acids is 1. The van der Waals surface area contributed by atoms with Gasteiger partial charge in [0.25, 0.3) is 5.91 Å². The molecule has 1 atom stereocenters. The molecule has 0 spiro atoms. The smallest absolute Gasteiger partial charge is 0.410 e. The van der Waals surface area contributed by atoms with Crippen molar-refractivity contribution in [3.8, 4) is 0 Å². The Morgan fingerprint density at radius 1 is 0.974 bits per heavy atom. The van der Waals surface area contributed by atoms with E-state index in [1.807, 2.05) is 51.1 Å². The number of piperidine rings is 1. The van der Waals surface area contributed by atoms with Gasteiger partial charge in [0.05, 0.1) is 12.5 Å². The van der Waals surface area contributed by atoms with Gasteiger partial charge in [-0.25, -0.2) is 4.79 Å². The van der Waals surface area contributed by atoms with Gasteiger partial charge in [-0.2, -0.15) is 0 Å². The molecule has 2 aliphatic rings. The number of carboxylic acid groups (broad SMARTS) is 1. The van der Waals surface area contributed by atoms with Gasteiger partial charge in [0.1, 0.15) is 5.60 Å². The summed E-state index contributed by atoms with van der Waals surface area (Å²) in [6.45, 7) is 7.21. The molecule has 202 valence electrons. The van der Waals surface area contributed by atoms with Crippen molar-refractivity contribution in [2.45, 2.75) is 64.8 Å². The number of ether oxygens (including phenoxy) is 1. The highest BCUT2D eigenvalue weighted by Crippen LogP contribution is 2.27. The van der Waals surface area contributed by atoms with E-state index < -0.39 is 17.6 Å². The molecule has 2 aliphatic heterocycles. The Morgan fingerprint density at radius 2 is 1.63 bits per heavy atom. The SMILES string of the molecule is CC(C)(C)OC(=O)N1Cc2ccc(C(=O)N3CCC(C(=O)N[C@H](CC(=O)O)c4ccccc4)CC3)cc2C1. The predicted molar refractivity (Wildman–Crippen MR) is 140 cm³/mol. The maximum atomic E-state index is 13.2. The Bertz CT molecular complexity index is 1200. The molecule has 4 rings (SSSR count). The number of aliphatic carboxylic acids is 1. The number of amides is 3. The number of carbonyl (C=O) groups is 4. The first-order valence-corrected chi connectivity index (χ1v) is 13.0. The van der Waals surface area contributed by atoms with Gasteiger partial charge in [-0.15, -0.1) is 0 Å². The van der Waals surface area contributed by atoms with Gasteiger partial charge in [0.15, 0.2) is 0 Å². The van der Waals surface area contributed by atoms with E-state index in [1.54, 1.807) is 28.0 Å². The molecule has 3 amide bonds. The third kappa shape index (κ3) is 6.70. The van der Waals surface area contributed by atoms with Crippen molar-refractivity contribution < 1.29 is 29.0 Å². The maximum absolute atomic E-state index is 13.2. The second kappa shape index (κ2) is 11.2. The molecular weight excluding hydrogens is 486 g/mol. The van der Waals surface area contributed by atoms with Crippen LogP contribution in [-0.2, 0) is 27.4 Å². The van der Waals surface area contributed by atoms with E-state index in [0.717, 1.165) is 16.7 Å². The van der Waals surface area contributed by atoms with E-state index in [2.05, 4.69) is 5.32 Å². The van der Waals surface area contributed by atoms with Crippen LogP contribution in [0.4, 0.5) is 4.79 Å². The van der Waals surface area contributed by atoms with Crippen molar-refractivity contribution in [2.24, 2.45) is 5.92 Å². The third-order valence-corrected chi connectivity index (χ3v) is 6.88. The maximum Gasteiger partial charge on any atom is 0.410 e. The number of likely N-dealkylation sites (tertiary alicyclic amines) is 1. The average Bonchev–Trinajstić information content (AvgIpc) is 3.31. The molecule has 0 aliphatic carbocycles. The van der Waals surface area contributed by atoms with E-state index in [0.29, 0.717) is 44.6 Å². The summed E-state index contributed by atoms with van der Waals surface area (Å²) >= 11 is 0. The topological polar surface area (TPSA) is 116 Å². The molecule has 2 aromatic carbocycles. The lowest BCUT2D eigenvalue weighted by Gasteiger charge is -2.32. The standard InChI is InChI=1S/C29H35N3O6/c1-29(2,3)38-28(37)32-17-22-10-9-21(15-23(22)18-32)27(36)31-13-11-20(12-14-31)26(35)30-24(16-25(33)34)19-7-5-4-6-8-19/h4-10,15,20,24H,11-14,16-18H2,1-3H3,(H,30,35)(H,33,34)/t24-/m1/s1. The van der Waals surface area contributed by atoms with Gasteiger partial charge in [0, 0.05) is 37.7 Å². The number of fused-ring (bicyclic) bond motifs is 1. The Labute approximate surface area is 222 Å². The van der Waals surface area contributed by atoms with Crippen LogP contribution in [0.1, 0.15) is 73.1 Å². The fraction of sp³-hybridized carbons (Fsp3) is 0.448. The molecule has 2 heterocycles. The zero-order chi connectivity index (χ0) is 27.4. The highest BCUT2D eigenvalue weighted by Gasteiger charge is 2.31. The van der Waals surface area contributed by atoms with Crippen LogP contribution in [0.3, 0.4) is 0 Å². The van der Waals surface area contributed by atoms with Gasteiger partial charge >= 0.3 is 12.1 Å². The summed E-state index contributed by atoms with van der Waals surface area (Å²) in [5.74, 6) is -1.56. The third-order valence-electron chi connectivity index (χ3n) is 6.88. The summed E-state index contributed by atoms with van der Waals surface area (Å²) in [5.41, 5.74) is 2.66. The van der Waals surface area contributed by atoms with Gasteiger partial charge in [0.2, 0.25) is 5.91 Å². The van der Waals surface area contributed by atoms with Gasteiger partial charge in [-0.05, 0) is 62.4 Å². The summed E-state index contributed by atoms with van der Waals surface area (Å²) in [7, 11) is 0. The van der Waals surface area contributed by atoms with Crippen molar-refractivity contribution in [2.75, 3.05) is 13.1 Å². The molecule has 2 N–H and O–H groups in total. The van der Waals surface area contributed by atoms with Crippen molar-refractivity contribution >= 4 is 23.9 Å². The van der Waals surface area contributed by atoms with Gasteiger partial charge < -0.3 is 20.1 Å². The molecule has 0 saturated carbocycles. The summed E-state index contributed by atoms with van der Waals surface area (Å²) in [5, 5.41) is 12.2. The van der Waals surface area contributed by atoms with E-state index in [4.69, 9.17) is 4.74 Å². The number of rotatable bonds is 6. The Hall–Kier alpha value is -3.88. The monoisotopic (exact) mass is 521 g/mol. The fourth-order valence-electron chi connectivity index (χ4n) is 4.91. The quantitative estimate of drug-likeness (QED) is 0.591. The van der Waals surface area contributed by atoms with Crippen molar-refractivity contribution in [3.05, 3.63) is 70.8 Å². The van der Waals surface area contributed by atoms with Crippen molar-refractivity contribution in [1.82, 2.24) is 15.1 Å². The molecule has 2 aromatic rings. The van der Waals surface area contributed by atoms with E-state index in [9.17, 15) is 24.3 Å². The zero-order valence-electron chi connectivity index (χ0n) is 22.1. The lowest BCUT2D eigenvalue weighted by Crippen LogP contribution is -2.44. The Morgan fingerprint density at radius 3 is 2.26 bits per heavy atom. The molecule has 1 fully saturated rings. The highest BCUT2D eigenvalue weighted by atomic mass is 16.6. The van der Waals surface area contributed by atoms with Crippen LogP contribution in [0.25, 0.3) is 0 Å². The summed E-state index contributed by atoms with van der Waals surface area (Å²) in [6, 6.07) is 14.0. The van der Waals surface area contributed by atoms with E-state index >= 15 is 0 Å². The van der Waals surface area contributed by atoms with Crippen LogP contribution >= 0.6 is 0 Å². The molecular formula is C29H35N3O6. The predicted octanol–water partition coefficient (Wildman–Crippen LogP) is 4.12. The minimum Gasteiger partial charge on any atom is -0.481 e. The minimum absolute atomic E-state index is 0.101. The van der Waals surface area contributed by atoms with Gasteiger partial charge in [-0.1, -0.05) is 36.4 Å². The van der Waals surface area contributed by atoms with Crippen molar-refractivity contribution in [3.63, 3.8) is 0 Å². The first kappa shape index (κ1) is 27.2. The van der Waals surface area contributed by atoms with Crippen LogP contribution in [-0.4, -0.2) is 57.5 Å². The number of hydrogen-bond donors (Lipinski definition) is 2. The van der Waals surface area contributed by atoms with Gasteiger partial charge in [-0.3, -0.25) is 19.3 Å². The first-order chi connectivity index (χ1) is 18.0. The highest BCUT2D eigenvalue weighted by molar-refractivity contribution is 5.95. The van der Waals surface area contributed by atoms with E-state index in [1.165, 1.54) is 0 Å². The summed E-state index contributed by atoms with van der Waals surface area (Å²) in [4.78, 5) is 53.4.